The van der Waals surface area contributed by atoms with Crippen LogP contribution in [0.2, 0.25) is 0 Å². The van der Waals surface area contributed by atoms with Gasteiger partial charge in [-0.25, -0.2) is 0 Å². The first kappa shape index (κ1) is 15.6. The van der Waals surface area contributed by atoms with Crippen LogP contribution < -0.4 is 5.32 Å². The van der Waals surface area contributed by atoms with Crippen LogP contribution in [0.4, 0.5) is 0 Å². The van der Waals surface area contributed by atoms with Crippen molar-refractivity contribution in [3.63, 3.8) is 0 Å². The van der Waals surface area contributed by atoms with Crippen LogP contribution in [0.5, 0.6) is 11.5 Å². The summed E-state index contributed by atoms with van der Waals surface area (Å²) >= 11 is 0. The zero-order valence-corrected chi connectivity index (χ0v) is 12.0. The first-order chi connectivity index (χ1) is 10.5. The lowest BCUT2D eigenvalue weighted by atomic mass is 10.0. The highest BCUT2D eigenvalue weighted by Gasteiger charge is 2.24. The summed E-state index contributed by atoms with van der Waals surface area (Å²) in [5.41, 5.74) is 0.181. The number of phenols is 2. The number of piperidine rings is 1. The van der Waals surface area contributed by atoms with E-state index in [1.807, 2.05) is 6.07 Å². The van der Waals surface area contributed by atoms with E-state index < -0.39 is 0 Å². The van der Waals surface area contributed by atoms with Gasteiger partial charge in [0.2, 0.25) is 5.91 Å². The maximum atomic E-state index is 12.1. The molecule has 2 amide bonds. The summed E-state index contributed by atoms with van der Waals surface area (Å²) in [7, 11) is 0. The van der Waals surface area contributed by atoms with Gasteiger partial charge in [-0.05, 0) is 25.0 Å². The second-order valence-corrected chi connectivity index (χ2v) is 5.20. The van der Waals surface area contributed by atoms with Gasteiger partial charge >= 0.3 is 0 Å². The van der Waals surface area contributed by atoms with E-state index in [4.69, 9.17) is 5.26 Å². The number of rotatable bonds is 3. The minimum Gasteiger partial charge on any atom is -0.508 e. The number of nitrogens with zero attached hydrogens (tertiary/aromatic N) is 2. The fourth-order valence-corrected chi connectivity index (χ4v) is 2.45. The summed E-state index contributed by atoms with van der Waals surface area (Å²) < 4.78 is 0. The SMILES string of the molecule is N#CCC(=O)N1CCC(NC(=O)c2cc(O)cc(O)c2)CC1. The Balaban J connectivity index is 1.89. The number of benzene rings is 1. The highest BCUT2D eigenvalue weighted by molar-refractivity contribution is 5.95. The van der Waals surface area contributed by atoms with Crippen molar-refractivity contribution in [3.05, 3.63) is 23.8 Å². The van der Waals surface area contributed by atoms with Gasteiger partial charge in [-0.15, -0.1) is 0 Å². The Labute approximate surface area is 127 Å². The predicted molar refractivity (Wildman–Crippen MR) is 77.1 cm³/mol. The first-order valence-corrected chi connectivity index (χ1v) is 6.98. The molecule has 0 spiro atoms. The van der Waals surface area contributed by atoms with Crippen molar-refractivity contribution in [3.8, 4) is 17.6 Å². The molecule has 7 nitrogen and oxygen atoms in total. The molecule has 22 heavy (non-hydrogen) atoms. The van der Waals surface area contributed by atoms with Crippen LogP contribution in [0, 0.1) is 11.3 Å². The van der Waals surface area contributed by atoms with Crippen molar-refractivity contribution < 1.29 is 19.8 Å². The monoisotopic (exact) mass is 303 g/mol. The molecule has 0 saturated carbocycles. The number of hydrogen-bond acceptors (Lipinski definition) is 5. The van der Waals surface area contributed by atoms with E-state index in [0.29, 0.717) is 25.9 Å². The molecule has 0 aliphatic carbocycles. The highest BCUT2D eigenvalue weighted by atomic mass is 16.3. The van der Waals surface area contributed by atoms with Gasteiger partial charge in [0, 0.05) is 30.8 Å². The molecule has 1 heterocycles. The molecule has 1 saturated heterocycles. The normalized spacial score (nSPS) is 15.1. The maximum absolute atomic E-state index is 12.1. The Morgan fingerprint density at radius 3 is 2.36 bits per heavy atom. The number of nitriles is 1. The van der Waals surface area contributed by atoms with E-state index in [1.54, 1.807) is 4.90 Å². The molecule has 0 atom stereocenters. The molecule has 116 valence electrons. The van der Waals surface area contributed by atoms with E-state index in [-0.39, 0.29) is 41.3 Å². The van der Waals surface area contributed by atoms with Crippen molar-refractivity contribution >= 4 is 11.8 Å². The molecular weight excluding hydrogens is 286 g/mol. The molecule has 1 aromatic carbocycles. The van der Waals surface area contributed by atoms with E-state index in [9.17, 15) is 19.8 Å². The molecular formula is C15H17N3O4. The standard InChI is InChI=1S/C15H17N3O4/c16-4-1-14(21)18-5-2-11(3-6-18)17-15(22)10-7-12(19)9-13(20)8-10/h7-9,11,19-20H,1-3,5-6H2,(H,17,22). The van der Waals surface area contributed by atoms with Crippen LogP contribution in [0.3, 0.4) is 0 Å². The fourth-order valence-electron chi connectivity index (χ4n) is 2.45. The van der Waals surface area contributed by atoms with Crippen molar-refractivity contribution in [2.75, 3.05) is 13.1 Å². The Kier molecular flexibility index (Phi) is 4.84. The number of hydrogen-bond donors (Lipinski definition) is 3. The van der Waals surface area contributed by atoms with Gasteiger partial charge in [-0.1, -0.05) is 0 Å². The van der Waals surface area contributed by atoms with Crippen molar-refractivity contribution in [1.29, 1.82) is 5.26 Å². The summed E-state index contributed by atoms with van der Waals surface area (Å²) in [6.45, 7) is 0.994. The van der Waals surface area contributed by atoms with E-state index in [2.05, 4.69) is 5.32 Å². The van der Waals surface area contributed by atoms with Gasteiger partial charge < -0.3 is 20.4 Å². The molecule has 1 aromatic rings. The number of phenolic OH excluding ortho intramolecular Hbond substituents is 2. The zero-order valence-electron chi connectivity index (χ0n) is 12.0. The molecule has 1 aliphatic heterocycles. The van der Waals surface area contributed by atoms with Crippen LogP contribution in [-0.2, 0) is 4.79 Å². The third-order valence-electron chi connectivity index (χ3n) is 3.58. The second-order valence-electron chi connectivity index (χ2n) is 5.20. The Bertz CT molecular complexity index is 595. The van der Waals surface area contributed by atoms with Gasteiger partial charge in [0.25, 0.3) is 5.91 Å². The van der Waals surface area contributed by atoms with Crippen molar-refractivity contribution in [1.82, 2.24) is 10.2 Å². The van der Waals surface area contributed by atoms with Crippen LogP contribution in [0.15, 0.2) is 18.2 Å². The number of carbonyl (C=O) groups is 2. The van der Waals surface area contributed by atoms with Crippen LogP contribution in [0.25, 0.3) is 0 Å². The molecule has 2 rings (SSSR count). The number of likely N-dealkylation sites (tertiary alicyclic amines) is 1. The zero-order chi connectivity index (χ0) is 16.1. The molecule has 3 N–H and O–H groups in total. The molecule has 1 fully saturated rings. The average Bonchev–Trinajstić information content (AvgIpc) is 2.47. The lowest BCUT2D eigenvalue weighted by Crippen LogP contribution is -2.46. The van der Waals surface area contributed by atoms with E-state index >= 15 is 0 Å². The van der Waals surface area contributed by atoms with Crippen LogP contribution >= 0.6 is 0 Å². The van der Waals surface area contributed by atoms with Crippen LogP contribution in [0.1, 0.15) is 29.6 Å². The summed E-state index contributed by atoms with van der Waals surface area (Å²) in [6.07, 6.45) is 1.08. The van der Waals surface area contributed by atoms with E-state index in [1.165, 1.54) is 12.1 Å². The smallest absolute Gasteiger partial charge is 0.251 e. The van der Waals surface area contributed by atoms with E-state index in [0.717, 1.165) is 6.07 Å². The van der Waals surface area contributed by atoms with Crippen molar-refractivity contribution in [2.24, 2.45) is 0 Å². The van der Waals surface area contributed by atoms with Gasteiger partial charge in [0.1, 0.15) is 17.9 Å². The molecule has 1 aliphatic rings. The largest absolute Gasteiger partial charge is 0.508 e. The highest BCUT2D eigenvalue weighted by Crippen LogP contribution is 2.21. The molecule has 7 heteroatoms. The lowest BCUT2D eigenvalue weighted by Gasteiger charge is -2.32. The number of carbonyl (C=O) groups excluding carboxylic acids is 2. The maximum Gasteiger partial charge on any atom is 0.251 e. The molecule has 0 bridgehead atoms. The topological polar surface area (TPSA) is 114 Å². The second kappa shape index (κ2) is 6.80. The van der Waals surface area contributed by atoms with Crippen LogP contribution in [-0.4, -0.2) is 46.1 Å². The summed E-state index contributed by atoms with van der Waals surface area (Å²) in [6, 6.07) is 5.46. The Morgan fingerprint density at radius 2 is 1.82 bits per heavy atom. The fraction of sp³-hybridized carbons (Fsp3) is 0.400. The van der Waals surface area contributed by atoms with Gasteiger partial charge in [0.15, 0.2) is 0 Å². The van der Waals surface area contributed by atoms with Gasteiger partial charge in [-0.3, -0.25) is 9.59 Å². The van der Waals surface area contributed by atoms with Gasteiger partial charge in [-0.2, -0.15) is 5.26 Å². The lowest BCUT2D eigenvalue weighted by molar-refractivity contribution is -0.131. The Morgan fingerprint density at radius 1 is 1.23 bits per heavy atom. The molecule has 0 aromatic heterocycles. The number of amides is 2. The predicted octanol–water partition coefficient (Wildman–Crippen LogP) is 0.732. The molecule has 0 radical (unpaired) electrons. The third kappa shape index (κ3) is 3.88. The molecule has 0 unspecified atom stereocenters. The number of nitrogens with one attached hydrogen (secondary N) is 1. The summed E-state index contributed by atoms with van der Waals surface area (Å²) in [4.78, 5) is 25.3. The average molecular weight is 303 g/mol. The first-order valence-electron chi connectivity index (χ1n) is 6.98. The van der Waals surface area contributed by atoms with Gasteiger partial charge in [0.05, 0.1) is 6.07 Å². The third-order valence-corrected chi connectivity index (χ3v) is 3.58. The summed E-state index contributed by atoms with van der Waals surface area (Å²) in [5, 5.41) is 30.1. The number of aromatic hydroxyl groups is 2. The minimum atomic E-state index is -0.381. The van der Waals surface area contributed by atoms with Crippen molar-refractivity contribution in [2.45, 2.75) is 25.3 Å². The summed E-state index contributed by atoms with van der Waals surface area (Å²) in [5.74, 6) is -0.928. The Hall–Kier alpha value is -2.75. The minimum absolute atomic E-state index is 0.0804. The quantitative estimate of drug-likeness (QED) is 0.762.